The molecule has 0 unspecified atom stereocenters. The van der Waals surface area contributed by atoms with Crippen molar-refractivity contribution in [2.24, 2.45) is 5.92 Å². The molecule has 2 heterocycles. The van der Waals surface area contributed by atoms with Crippen molar-refractivity contribution in [3.05, 3.63) is 46.1 Å². The highest BCUT2D eigenvalue weighted by Gasteiger charge is 2.40. The number of halogens is 1. The van der Waals surface area contributed by atoms with E-state index in [-0.39, 0.29) is 30.5 Å². The first-order valence-electron chi connectivity index (χ1n) is 11.5. The van der Waals surface area contributed by atoms with Crippen molar-refractivity contribution in [2.45, 2.75) is 38.8 Å². The van der Waals surface area contributed by atoms with E-state index < -0.39 is 12.0 Å². The predicted octanol–water partition coefficient (Wildman–Crippen LogP) is 2.80. The number of hydrogen-bond acceptors (Lipinski definition) is 5. The molecule has 178 valence electrons. The Morgan fingerprint density at radius 1 is 1.18 bits per heavy atom. The molecule has 1 aromatic carbocycles. The molecule has 2 fully saturated rings. The fraction of sp³-hybridized carbons (Fsp3) is 0.542. The molecule has 1 N–H and O–H groups in total. The van der Waals surface area contributed by atoms with Crippen molar-refractivity contribution in [3.63, 3.8) is 0 Å². The summed E-state index contributed by atoms with van der Waals surface area (Å²) in [6.45, 7) is 6.48. The zero-order valence-electron chi connectivity index (χ0n) is 19.3. The number of likely N-dealkylation sites (N-methyl/N-ethyl adjacent to an activating group) is 1. The Morgan fingerprint density at radius 3 is 2.48 bits per heavy atom. The minimum Gasteiger partial charge on any atom is -0.463 e. The van der Waals surface area contributed by atoms with E-state index in [2.05, 4.69) is 17.1 Å². The molecule has 3 aliphatic rings. The van der Waals surface area contributed by atoms with Crippen LogP contribution in [0.15, 0.2) is 35.5 Å². The third-order valence-electron chi connectivity index (χ3n) is 6.57. The molecule has 4 rings (SSSR count). The number of amides is 3. The Labute approximate surface area is 199 Å². The van der Waals surface area contributed by atoms with E-state index in [1.54, 1.807) is 38.2 Å². The number of rotatable bonds is 6. The lowest BCUT2D eigenvalue weighted by Gasteiger charge is -2.42. The molecule has 0 bridgehead atoms. The standard InChI is InChI=1S/C24H31ClN4O4/c1-4-33-23(31)20-19(14-28-11-12-29(15(2)13-28)22(30)17-5-6-17)27(3)24(32)26-21(20)16-7-9-18(25)10-8-16/h7-10,15,17,21H,4-6,11-14H2,1-3H3,(H,26,32)/t15-,21+/m0/s1. The van der Waals surface area contributed by atoms with Crippen LogP contribution in [0, 0.1) is 5.92 Å². The number of carbonyl (C=O) groups is 3. The average Bonchev–Trinajstić information content (AvgIpc) is 3.62. The van der Waals surface area contributed by atoms with Crippen molar-refractivity contribution in [1.82, 2.24) is 20.0 Å². The minimum absolute atomic E-state index is 0.0771. The summed E-state index contributed by atoms with van der Waals surface area (Å²) in [6.07, 6.45) is 1.99. The molecular formula is C24H31ClN4O4. The summed E-state index contributed by atoms with van der Waals surface area (Å²) in [6, 6.07) is 6.25. The van der Waals surface area contributed by atoms with Crippen LogP contribution in [-0.2, 0) is 14.3 Å². The fourth-order valence-corrected chi connectivity index (χ4v) is 4.71. The topological polar surface area (TPSA) is 82.2 Å². The van der Waals surface area contributed by atoms with Gasteiger partial charge in [-0.25, -0.2) is 9.59 Å². The van der Waals surface area contributed by atoms with Crippen LogP contribution in [0.3, 0.4) is 0 Å². The third-order valence-corrected chi connectivity index (χ3v) is 6.82. The largest absolute Gasteiger partial charge is 0.463 e. The maximum Gasteiger partial charge on any atom is 0.338 e. The van der Waals surface area contributed by atoms with Crippen molar-refractivity contribution in [2.75, 3.05) is 39.8 Å². The Bertz CT molecular complexity index is 960. The van der Waals surface area contributed by atoms with E-state index >= 15 is 0 Å². The monoisotopic (exact) mass is 474 g/mol. The Morgan fingerprint density at radius 2 is 1.88 bits per heavy atom. The summed E-state index contributed by atoms with van der Waals surface area (Å²) in [5.74, 6) is 0.00544. The van der Waals surface area contributed by atoms with Gasteiger partial charge < -0.3 is 15.0 Å². The highest BCUT2D eigenvalue weighted by Crippen LogP contribution is 2.34. The summed E-state index contributed by atoms with van der Waals surface area (Å²) >= 11 is 6.05. The van der Waals surface area contributed by atoms with E-state index in [1.165, 1.54) is 4.90 Å². The van der Waals surface area contributed by atoms with Gasteiger partial charge in [-0.3, -0.25) is 14.6 Å². The normalized spacial score (nSPS) is 24.1. The number of esters is 1. The summed E-state index contributed by atoms with van der Waals surface area (Å²) < 4.78 is 5.39. The van der Waals surface area contributed by atoms with Crippen LogP contribution in [0.4, 0.5) is 4.79 Å². The molecule has 3 amide bonds. The zero-order chi connectivity index (χ0) is 23.7. The van der Waals surface area contributed by atoms with Crippen molar-refractivity contribution < 1.29 is 19.1 Å². The van der Waals surface area contributed by atoms with Gasteiger partial charge in [0.2, 0.25) is 5.91 Å². The van der Waals surface area contributed by atoms with Gasteiger partial charge >= 0.3 is 12.0 Å². The van der Waals surface area contributed by atoms with Gasteiger partial charge in [0, 0.05) is 55.9 Å². The number of hydrogen-bond donors (Lipinski definition) is 1. The van der Waals surface area contributed by atoms with Crippen LogP contribution >= 0.6 is 11.6 Å². The molecule has 33 heavy (non-hydrogen) atoms. The first-order valence-corrected chi connectivity index (χ1v) is 11.9. The third kappa shape index (κ3) is 5.01. The molecule has 1 aromatic rings. The van der Waals surface area contributed by atoms with Crippen LogP contribution in [0.25, 0.3) is 0 Å². The van der Waals surface area contributed by atoms with E-state index in [0.29, 0.717) is 42.5 Å². The molecule has 0 radical (unpaired) electrons. The second-order valence-electron chi connectivity index (χ2n) is 8.96. The first kappa shape index (κ1) is 23.6. The van der Waals surface area contributed by atoms with Crippen molar-refractivity contribution in [3.8, 4) is 0 Å². The summed E-state index contributed by atoms with van der Waals surface area (Å²) in [7, 11) is 1.66. The molecular weight excluding hydrogens is 444 g/mol. The Balaban J connectivity index is 1.62. The molecule has 9 heteroatoms. The number of benzene rings is 1. The predicted molar refractivity (Wildman–Crippen MR) is 124 cm³/mol. The molecule has 2 atom stereocenters. The van der Waals surface area contributed by atoms with Gasteiger partial charge in [0.05, 0.1) is 18.2 Å². The highest BCUT2D eigenvalue weighted by atomic mass is 35.5. The van der Waals surface area contributed by atoms with Gasteiger partial charge in [0.25, 0.3) is 0 Å². The maximum absolute atomic E-state index is 13.1. The van der Waals surface area contributed by atoms with Crippen LogP contribution in [-0.4, -0.2) is 78.5 Å². The summed E-state index contributed by atoms with van der Waals surface area (Å²) in [5, 5.41) is 3.50. The minimum atomic E-state index is -0.629. The smallest absolute Gasteiger partial charge is 0.338 e. The van der Waals surface area contributed by atoms with Crippen LogP contribution in [0.2, 0.25) is 5.02 Å². The van der Waals surface area contributed by atoms with Gasteiger partial charge in [-0.05, 0) is 44.4 Å². The second kappa shape index (κ2) is 9.73. The van der Waals surface area contributed by atoms with Crippen molar-refractivity contribution >= 4 is 29.5 Å². The maximum atomic E-state index is 13.1. The molecule has 1 saturated carbocycles. The van der Waals surface area contributed by atoms with Crippen LogP contribution in [0.5, 0.6) is 0 Å². The van der Waals surface area contributed by atoms with Gasteiger partial charge in [-0.15, -0.1) is 0 Å². The van der Waals surface area contributed by atoms with Gasteiger partial charge in [-0.1, -0.05) is 23.7 Å². The second-order valence-corrected chi connectivity index (χ2v) is 9.40. The molecule has 0 spiro atoms. The van der Waals surface area contributed by atoms with E-state index in [0.717, 1.165) is 18.4 Å². The lowest BCUT2D eigenvalue weighted by Crippen LogP contribution is -2.56. The van der Waals surface area contributed by atoms with Gasteiger partial charge in [0.15, 0.2) is 0 Å². The molecule has 0 aromatic heterocycles. The van der Waals surface area contributed by atoms with E-state index in [1.807, 2.05) is 4.90 Å². The number of piperazine rings is 1. The number of ether oxygens (including phenoxy) is 1. The Hall–Kier alpha value is -2.58. The summed E-state index contributed by atoms with van der Waals surface area (Å²) in [4.78, 5) is 44.2. The van der Waals surface area contributed by atoms with Gasteiger partial charge in [-0.2, -0.15) is 0 Å². The number of nitrogens with one attached hydrogen (secondary N) is 1. The quantitative estimate of drug-likeness (QED) is 0.641. The summed E-state index contributed by atoms with van der Waals surface area (Å²) in [5.41, 5.74) is 1.80. The first-order chi connectivity index (χ1) is 15.8. The molecule has 1 aliphatic carbocycles. The number of urea groups is 1. The number of carbonyl (C=O) groups excluding carboxylic acids is 3. The Kier molecular flexibility index (Phi) is 6.95. The van der Waals surface area contributed by atoms with E-state index in [4.69, 9.17) is 16.3 Å². The SMILES string of the molecule is CCOC(=O)C1=C(CN2CCN(C(=O)C3CC3)[C@@H](C)C2)N(C)C(=O)N[C@@H]1c1ccc(Cl)cc1. The van der Waals surface area contributed by atoms with Crippen LogP contribution < -0.4 is 5.32 Å². The lowest BCUT2D eigenvalue weighted by atomic mass is 9.94. The van der Waals surface area contributed by atoms with E-state index in [9.17, 15) is 14.4 Å². The van der Waals surface area contributed by atoms with Gasteiger partial charge in [0.1, 0.15) is 0 Å². The zero-order valence-corrected chi connectivity index (χ0v) is 20.1. The molecule has 2 aliphatic heterocycles. The van der Waals surface area contributed by atoms with Crippen molar-refractivity contribution in [1.29, 1.82) is 0 Å². The lowest BCUT2D eigenvalue weighted by molar-refractivity contribution is -0.139. The molecule has 1 saturated heterocycles. The average molecular weight is 475 g/mol. The molecule has 8 nitrogen and oxygen atoms in total. The van der Waals surface area contributed by atoms with Crippen LogP contribution in [0.1, 0.15) is 38.3 Å². The fourth-order valence-electron chi connectivity index (χ4n) is 4.58. The number of nitrogens with zero attached hydrogens (tertiary/aromatic N) is 3. The highest BCUT2D eigenvalue weighted by molar-refractivity contribution is 6.30.